The number of phenols is 1. The van der Waals surface area contributed by atoms with Gasteiger partial charge in [-0.25, -0.2) is 4.68 Å². The number of phenolic OH excluding ortho intramolecular Hbond substituents is 1. The van der Waals surface area contributed by atoms with Crippen molar-refractivity contribution in [2.45, 2.75) is 23.9 Å². The lowest BCUT2D eigenvalue weighted by atomic mass is 9.95. The first-order valence-electron chi connectivity index (χ1n) is 11.2. The number of carbonyl (C=O) groups excluding carboxylic acids is 1. The summed E-state index contributed by atoms with van der Waals surface area (Å²) in [4.78, 5) is 32.5. The predicted molar refractivity (Wildman–Crippen MR) is 138 cm³/mol. The summed E-state index contributed by atoms with van der Waals surface area (Å²) >= 11 is 1.37. The van der Waals surface area contributed by atoms with Gasteiger partial charge in [0.15, 0.2) is 0 Å². The van der Waals surface area contributed by atoms with Crippen LogP contribution >= 0.6 is 11.8 Å². The minimum absolute atomic E-state index is 0.0288. The van der Waals surface area contributed by atoms with Gasteiger partial charge in [0.2, 0.25) is 11.1 Å². The Labute approximate surface area is 215 Å². The number of nitro benzene ring substituents is 1. The van der Waals surface area contributed by atoms with E-state index < -0.39 is 11.0 Å². The number of nitrogens with one attached hydrogen (secondary N) is 2. The smallest absolute Gasteiger partial charge is 0.269 e. The van der Waals surface area contributed by atoms with Crippen LogP contribution in [0.4, 0.5) is 17.3 Å². The molecule has 0 aliphatic carbocycles. The van der Waals surface area contributed by atoms with Crippen molar-refractivity contribution in [3.8, 4) is 5.75 Å². The highest BCUT2D eigenvalue weighted by Gasteiger charge is 2.34. The molecule has 0 saturated heterocycles. The Balaban J connectivity index is 1.45. The zero-order valence-corrected chi connectivity index (χ0v) is 20.3. The Morgan fingerprint density at radius 2 is 2.03 bits per heavy atom. The van der Waals surface area contributed by atoms with E-state index in [4.69, 9.17) is 0 Å². The zero-order valence-electron chi connectivity index (χ0n) is 19.5. The number of carbonyl (C=O) groups is 1. The molecule has 3 heterocycles. The first-order chi connectivity index (χ1) is 17.9. The molecule has 0 bridgehead atoms. The number of hydrogen-bond acceptors (Lipinski definition) is 9. The number of non-ortho nitro benzene ring substituents is 1. The van der Waals surface area contributed by atoms with Gasteiger partial charge in [-0.05, 0) is 42.3 Å². The number of allylic oxidation sites excluding steroid dienone is 1. The molecule has 186 valence electrons. The molecular formula is C25H21N7O4S. The number of benzene rings is 2. The Hall–Kier alpha value is -4.71. The number of nitro groups is 1. The lowest BCUT2D eigenvalue weighted by molar-refractivity contribution is -0.384. The maximum atomic E-state index is 13.4. The van der Waals surface area contributed by atoms with Gasteiger partial charge in [0, 0.05) is 29.8 Å². The van der Waals surface area contributed by atoms with Crippen molar-refractivity contribution in [1.29, 1.82) is 0 Å². The third-order valence-electron chi connectivity index (χ3n) is 5.70. The van der Waals surface area contributed by atoms with Crippen LogP contribution in [0.2, 0.25) is 0 Å². The predicted octanol–water partition coefficient (Wildman–Crippen LogP) is 4.51. The van der Waals surface area contributed by atoms with Crippen LogP contribution in [0.1, 0.15) is 24.1 Å². The lowest BCUT2D eigenvalue weighted by Gasteiger charge is -2.28. The summed E-state index contributed by atoms with van der Waals surface area (Å²) in [5.74, 6) is 0.677. The van der Waals surface area contributed by atoms with Crippen LogP contribution < -0.4 is 10.6 Å². The van der Waals surface area contributed by atoms with Crippen LogP contribution in [0.25, 0.3) is 0 Å². The Kier molecular flexibility index (Phi) is 6.56. The second kappa shape index (κ2) is 10.1. The summed E-state index contributed by atoms with van der Waals surface area (Å²) in [6.45, 7) is 1.79. The van der Waals surface area contributed by atoms with Crippen molar-refractivity contribution in [1.82, 2.24) is 19.7 Å². The van der Waals surface area contributed by atoms with E-state index in [0.717, 1.165) is 5.56 Å². The molecule has 1 amide bonds. The summed E-state index contributed by atoms with van der Waals surface area (Å²) in [6.07, 6.45) is 3.18. The molecule has 0 saturated carbocycles. The van der Waals surface area contributed by atoms with E-state index in [1.54, 1.807) is 66.5 Å². The van der Waals surface area contributed by atoms with Gasteiger partial charge in [-0.2, -0.15) is 4.98 Å². The number of hydrogen-bond donors (Lipinski definition) is 3. The van der Waals surface area contributed by atoms with Crippen molar-refractivity contribution >= 4 is 35.0 Å². The van der Waals surface area contributed by atoms with Crippen LogP contribution in [0, 0.1) is 10.1 Å². The lowest BCUT2D eigenvalue weighted by Crippen LogP contribution is -2.31. The van der Waals surface area contributed by atoms with E-state index in [2.05, 4.69) is 25.7 Å². The quantitative estimate of drug-likeness (QED) is 0.184. The second-order valence-corrected chi connectivity index (χ2v) is 9.17. The van der Waals surface area contributed by atoms with E-state index in [0.29, 0.717) is 39.4 Å². The van der Waals surface area contributed by atoms with Crippen LogP contribution in [-0.4, -0.2) is 35.7 Å². The van der Waals surface area contributed by atoms with E-state index in [-0.39, 0.29) is 17.3 Å². The SMILES string of the molecule is CC1=C(C(=O)Nc2cccnc2)C(c2cccc(O)c2)n2nc(SCc3ccc([N+](=O)[O-])cc3)nc2N1. The van der Waals surface area contributed by atoms with Gasteiger partial charge < -0.3 is 15.7 Å². The van der Waals surface area contributed by atoms with Gasteiger partial charge in [0.25, 0.3) is 11.6 Å². The van der Waals surface area contributed by atoms with E-state index in [1.165, 1.54) is 23.9 Å². The third-order valence-corrected chi connectivity index (χ3v) is 6.61. The molecule has 5 rings (SSSR count). The molecule has 1 aliphatic rings. The van der Waals surface area contributed by atoms with E-state index >= 15 is 0 Å². The van der Waals surface area contributed by atoms with E-state index in [1.807, 2.05) is 6.07 Å². The normalized spacial score (nSPS) is 14.6. The molecule has 1 unspecified atom stereocenters. The Morgan fingerprint density at radius 3 is 2.73 bits per heavy atom. The van der Waals surface area contributed by atoms with Crippen molar-refractivity contribution in [3.63, 3.8) is 0 Å². The van der Waals surface area contributed by atoms with Crippen molar-refractivity contribution in [3.05, 3.63) is 106 Å². The number of thioether (sulfide) groups is 1. The highest BCUT2D eigenvalue weighted by molar-refractivity contribution is 7.98. The molecule has 2 aromatic carbocycles. The number of rotatable bonds is 7. The number of amides is 1. The molecule has 4 aromatic rings. The summed E-state index contributed by atoms with van der Waals surface area (Å²) in [6, 6.07) is 15.8. The molecule has 1 atom stereocenters. The molecule has 2 aromatic heterocycles. The van der Waals surface area contributed by atoms with Gasteiger partial charge in [0.05, 0.1) is 22.4 Å². The standard InChI is InChI=1S/C25H21N7O4S/c1-15-21(23(34)28-18-5-3-11-26-13-18)22(17-4-2-6-20(33)12-17)31-24(27-15)29-25(30-31)37-14-16-7-9-19(10-8-16)32(35)36/h2-13,22,33H,14H2,1H3,(H,28,34)(H,27,29,30). The Morgan fingerprint density at radius 1 is 1.22 bits per heavy atom. The van der Waals surface area contributed by atoms with Crippen molar-refractivity contribution in [2.24, 2.45) is 0 Å². The number of aromatic hydroxyl groups is 1. The summed E-state index contributed by atoms with van der Waals surface area (Å²) < 4.78 is 1.62. The summed E-state index contributed by atoms with van der Waals surface area (Å²) in [5.41, 5.74) is 3.13. The Bertz CT molecular complexity index is 1500. The number of anilines is 2. The molecule has 37 heavy (non-hydrogen) atoms. The first kappa shape index (κ1) is 24.0. The van der Waals surface area contributed by atoms with Crippen LogP contribution in [0.3, 0.4) is 0 Å². The van der Waals surface area contributed by atoms with Gasteiger partial charge in [-0.1, -0.05) is 36.0 Å². The molecule has 3 N–H and O–H groups in total. The van der Waals surface area contributed by atoms with Crippen molar-refractivity contribution in [2.75, 3.05) is 10.6 Å². The highest BCUT2D eigenvalue weighted by atomic mass is 32.2. The third kappa shape index (κ3) is 5.14. The monoisotopic (exact) mass is 515 g/mol. The fourth-order valence-corrected chi connectivity index (χ4v) is 4.77. The number of nitrogens with zero attached hydrogens (tertiary/aromatic N) is 5. The van der Waals surface area contributed by atoms with Gasteiger partial charge in [0.1, 0.15) is 11.8 Å². The second-order valence-electron chi connectivity index (χ2n) is 8.23. The van der Waals surface area contributed by atoms with Crippen molar-refractivity contribution < 1.29 is 14.8 Å². The number of aromatic nitrogens is 4. The average molecular weight is 516 g/mol. The number of fused-ring (bicyclic) bond motifs is 1. The van der Waals surface area contributed by atoms with Crippen LogP contribution in [-0.2, 0) is 10.5 Å². The molecule has 0 fully saturated rings. The van der Waals surface area contributed by atoms with Crippen LogP contribution in [0.15, 0.2) is 89.5 Å². The van der Waals surface area contributed by atoms with E-state index in [9.17, 15) is 20.0 Å². The largest absolute Gasteiger partial charge is 0.508 e. The molecule has 0 spiro atoms. The summed E-state index contributed by atoms with van der Waals surface area (Å²) in [7, 11) is 0. The fourth-order valence-electron chi connectivity index (χ4n) is 3.99. The topological polar surface area (TPSA) is 148 Å². The molecule has 1 aliphatic heterocycles. The summed E-state index contributed by atoms with van der Waals surface area (Å²) in [5, 5.41) is 32.2. The molecular weight excluding hydrogens is 494 g/mol. The van der Waals surface area contributed by atoms with Crippen LogP contribution in [0.5, 0.6) is 5.75 Å². The van der Waals surface area contributed by atoms with Gasteiger partial charge in [-0.15, -0.1) is 5.10 Å². The average Bonchev–Trinajstić information content (AvgIpc) is 3.29. The number of pyridine rings is 1. The van der Waals surface area contributed by atoms with Gasteiger partial charge >= 0.3 is 0 Å². The maximum absolute atomic E-state index is 13.4. The van der Waals surface area contributed by atoms with Gasteiger partial charge in [-0.3, -0.25) is 19.9 Å². The minimum atomic E-state index is -0.652. The fraction of sp³-hybridized carbons (Fsp3) is 0.120. The minimum Gasteiger partial charge on any atom is -0.508 e. The maximum Gasteiger partial charge on any atom is 0.269 e. The first-order valence-corrected chi connectivity index (χ1v) is 12.2. The molecule has 0 radical (unpaired) electrons. The zero-order chi connectivity index (χ0) is 25.9. The molecule has 12 heteroatoms. The highest BCUT2D eigenvalue weighted by Crippen LogP contribution is 2.37. The molecule has 11 nitrogen and oxygen atoms in total.